The van der Waals surface area contributed by atoms with Crippen molar-refractivity contribution >= 4 is 40.8 Å². The summed E-state index contributed by atoms with van der Waals surface area (Å²) in [5.41, 5.74) is -0.124. The molecule has 2 atom stereocenters. The lowest BCUT2D eigenvalue weighted by atomic mass is 10.2. The molecule has 2 N–H and O–H groups in total. The summed E-state index contributed by atoms with van der Waals surface area (Å²) < 4.78 is 5.04. The second-order valence-electron chi connectivity index (χ2n) is 6.02. The van der Waals surface area contributed by atoms with E-state index >= 15 is 0 Å². The molecule has 10 heteroatoms. The number of rotatable bonds is 7. The number of halogens is 1. The van der Waals surface area contributed by atoms with Crippen molar-refractivity contribution in [2.24, 2.45) is 0 Å². The average molecular weight is 420 g/mol. The Morgan fingerprint density at radius 3 is 2.34 bits per heavy atom. The highest BCUT2D eigenvalue weighted by atomic mass is 35.5. The van der Waals surface area contributed by atoms with Crippen LogP contribution in [0.25, 0.3) is 0 Å². The molecule has 0 heterocycles. The number of para-hydroxylation sites is 2. The van der Waals surface area contributed by atoms with Crippen LogP contribution in [-0.2, 0) is 14.3 Å². The Kier molecular flexibility index (Phi) is 7.27. The number of nitro groups is 1. The van der Waals surface area contributed by atoms with E-state index in [1.54, 1.807) is 12.1 Å². The first-order chi connectivity index (χ1) is 13.7. The summed E-state index contributed by atoms with van der Waals surface area (Å²) in [4.78, 5) is 47.0. The van der Waals surface area contributed by atoms with Crippen molar-refractivity contribution < 1.29 is 24.0 Å². The third kappa shape index (κ3) is 5.76. The number of nitro benzene ring substituents is 1. The third-order valence-electron chi connectivity index (χ3n) is 3.84. The number of benzene rings is 2. The molecule has 0 fully saturated rings. The molecule has 0 aliphatic carbocycles. The van der Waals surface area contributed by atoms with E-state index < -0.39 is 34.9 Å². The van der Waals surface area contributed by atoms with Crippen LogP contribution in [-0.4, -0.2) is 34.9 Å². The summed E-state index contributed by atoms with van der Waals surface area (Å²) in [6, 6.07) is 10.8. The van der Waals surface area contributed by atoms with Crippen LogP contribution in [0.1, 0.15) is 24.2 Å². The molecule has 0 spiro atoms. The molecule has 0 aliphatic heterocycles. The second kappa shape index (κ2) is 9.65. The lowest BCUT2D eigenvalue weighted by molar-refractivity contribution is -0.383. The highest BCUT2D eigenvalue weighted by molar-refractivity contribution is 6.33. The normalized spacial score (nSPS) is 12.4. The maximum atomic E-state index is 12.2. The molecule has 152 valence electrons. The van der Waals surface area contributed by atoms with Gasteiger partial charge in [-0.2, -0.15) is 0 Å². The molecular weight excluding hydrogens is 402 g/mol. The van der Waals surface area contributed by atoms with Crippen LogP contribution < -0.4 is 10.6 Å². The molecule has 0 aliphatic rings. The molecule has 0 saturated carbocycles. The number of nitrogens with zero attached hydrogens (tertiary/aromatic N) is 1. The van der Waals surface area contributed by atoms with Crippen LogP contribution in [0, 0.1) is 10.1 Å². The molecule has 9 nitrogen and oxygen atoms in total. The first-order valence-electron chi connectivity index (χ1n) is 8.51. The van der Waals surface area contributed by atoms with Crippen LogP contribution in [0.15, 0.2) is 48.5 Å². The number of ether oxygens (including phenoxy) is 1. The largest absolute Gasteiger partial charge is 0.451 e. The number of carbonyl (C=O) groups excluding carboxylic acids is 3. The van der Waals surface area contributed by atoms with E-state index in [2.05, 4.69) is 10.6 Å². The average Bonchev–Trinajstić information content (AvgIpc) is 2.68. The van der Waals surface area contributed by atoms with Crippen molar-refractivity contribution in [1.82, 2.24) is 5.32 Å². The highest BCUT2D eigenvalue weighted by Crippen LogP contribution is 2.23. The van der Waals surface area contributed by atoms with Crippen molar-refractivity contribution in [2.75, 3.05) is 5.32 Å². The number of esters is 1. The minimum atomic E-state index is -1.25. The van der Waals surface area contributed by atoms with E-state index in [1.807, 2.05) is 0 Å². The minimum absolute atomic E-state index is 0.0227. The van der Waals surface area contributed by atoms with E-state index in [0.717, 1.165) is 0 Å². The summed E-state index contributed by atoms with van der Waals surface area (Å²) in [5, 5.41) is 16.0. The molecule has 0 aromatic heterocycles. The fraction of sp³-hybridized carbons (Fsp3) is 0.211. The van der Waals surface area contributed by atoms with E-state index in [9.17, 15) is 24.5 Å². The highest BCUT2D eigenvalue weighted by Gasteiger charge is 2.25. The van der Waals surface area contributed by atoms with Gasteiger partial charge in [-0.05, 0) is 32.0 Å². The predicted octanol–water partition coefficient (Wildman–Crippen LogP) is 2.94. The Hall–Kier alpha value is -3.46. The van der Waals surface area contributed by atoms with Crippen LogP contribution in [0.4, 0.5) is 11.4 Å². The van der Waals surface area contributed by atoms with E-state index in [4.69, 9.17) is 16.3 Å². The molecule has 2 aromatic rings. The topological polar surface area (TPSA) is 128 Å². The molecule has 29 heavy (non-hydrogen) atoms. The maximum absolute atomic E-state index is 12.2. The van der Waals surface area contributed by atoms with Gasteiger partial charge in [-0.15, -0.1) is 0 Å². The first-order valence-corrected chi connectivity index (χ1v) is 8.88. The van der Waals surface area contributed by atoms with E-state index in [1.165, 1.54) is 50.2 Å². The molecular formula is C19H18ClN3O6. The Morgan fingerprint density at radius 2 is 1.69 bits per heavy atom. The number of hydrogen-bond acceptors (Lipinski definition) is 6. The maximum Gasteiger partial charge on any atom is 0.329 e. The zero-order chi connectivity index (χ0) is 21.6. The van der Waals surface area contributed by atoms with Gasteiger partial charge in [0, 0.05) is 6.07 Å². The van der Waals surface area contributed by atoms with Crippen LogP contribution in [0.2, 0.25) is 5.02 Å². The fourth-order valence-electron chi connectivity index (χ4n) is 2.28. The SMILES string of the molecule is CC(NC(=O)c1ccccc1Cl)C(=O)OC(C)C(=O)Nc1ccccc1[N+](=O)[O-]. The molecule has 0 bridgehead atoms. The van der Waals surface area contributed by atoms with Gasteiger partial charge in [0.25, 0.3) is 17.5 Å². The molecule has 2 rings (SSSR count). The van der Waals surface area contributed by atoms with Gasteiger partial charge >= 0.3 is 5.97 Å². The van der Waals surface area contributed by atoms with Gasteiger partial charge in [-0.25, -0.2) is 4.79 Å². The zero-order valence-corrected chi connectivity index (χ0v) is 16.3. The van der Waals surface area contributed by atoms with Gasteiger partial charge in [0.15, 0.2) is 6.10 Å². The van der Waals surface area contributed by atoms with Crippen LogP contribution >= 0.6 is 11.6 Å². The standard InChI is InChI=1S/C19H18ClN3O6/c1-11(21-18(25)13-7-3-4-8-14(13)20)19(26)29-12(2)17(24)22-15-9-5-6-10-16(15)23(27)28/h3-12H,1-2H3,(H,21,25)(H,22,24). The van der Waals surface area contributed by atoms with Gasteiger partial charge in [-0.3, -0.25) is 19.7 Å². The molecule has 0 radical (unpaired) electrons. The smallest absolute Gasteiger partial charge is 0.329 e. The second-order valence-corrected chi connectivity index (χ2v) is 6.42. The fourth-order valence-corrected chi connectivity index (χ4v) is 2.50. The van der Waals surface area contributed by atoms with Gasteiger partial charge in [0.2, 0.25) is 0 Å². The number of amides is 2. The van der Waals surface area contributed by atoms with Crippen molar-refractivity contribution in [2.45, 2.75) is 26.0 Å². The van der Waals surface area contributed by atoms with Gasteiger partial charge in [0.05, 0.1) is 15.5 Å². The number of anilines is 1. The van der Waals surface area contributed by atoms with Crippen LogP contribution in [0.5, 0.6) is 0 Å². The summed E-state index contributed by atoms with van der Waals surface area (Å²) in [7, 11) is 0. The van der Waals surface area contributed by atoms with Gasteiger partial charge < -0.3 is 15.4 Å². The quantitative estimate of drug-likeness (QED) is 0.403. The lowest BCUT2D eigenvalue weighted by Crippen LogP contribution is -2.42. The zero-order valence-electron chi connectivity index (χ0n) is 15.5. The summed E-state index contributed by atoms with van der Waals surface area (Å²) in [6.45, 7) is 2.70. The van der Waals surface area contributed by atoms with Crippen LogP contribution in [0.3, 0.4) is 0 Å². The molecule has 2 unspecified atom stereocenters. The monoisotopic (exact) mass is 419 g/mol. The molecule has 2 aromatic carbocycles. The summed E-state index contributed by atoms with van der Waals surface area (Å²) in [5.74, 6) is -2.18. The summed E-state index contributed by atoms with van der Waals surface area (Å²) in [6.07, 6.45) is -1.25. The van der Waals surface area contributed by atoms with Crippen molar-refractivity contribution in [3.05, 3.63) is 69.2 Å². The number of hydrogen-bond donors (Lipinski definition) is 2. The van der Waals surface area contributed by atoms with Gasteiger partial charge in [0.1, 0.15) is 11.7 Å². The van der Waals surface area contributed by atoms with Gasteiger partial charge in [-0.1, -0.05) is 35.9 Å². The van der Waals surface area contributed by atoms with E-state index in [0.29, 0.717) is 0 Å². The Bertz CT molecular complexity index is 949. The van der Waals surface area contributed by atoms with Crippen molar-refractivity contribution in [3.8, 4) is 0 Å². The lowest BCUT2D eigenvalue weighted by Gasteiger charge is -2.18. The first kappa shape index (κ1) is 21.8. The summed E-state index contributed by atoms with van der Waals surface area (Å²) >= 11 is 5.94. The Labute approximate surface area is 171 Å². The molecule has 0 saturated heterocycles. The number of carbonyl (C=O) groups is 3. The van der Waals surface area contributed by atoms with Crippen molar-refractivity contribution in [1.29, 1.82) is 0 Å². The third-order valence-corrected chi connectivity index (χ3v) is 4.17. The predicted molar refractivity (Wildman–Crippen MR) is 106 cm³/mol. The van der Waals surface area contributed by atoms with E-state index in [-0.39, 0.29) is 22.0 Å². The van der Waals surface area contributed by atoms with Crippen molar-refractivity contribution in [3.63, 3.8) is 0 Å². The molecule has 2 amide bonds. The Morgan fingerprint density at radius 1 is 1.07 bits per heavy atom. The Balaban J connectivity index is 1.95. The number of nitrogens with one attached hydrogen (secondary N) is 2. The minimum Gasteiger partial charge on any atom is -0.451 e.